The van der Waals surface area contributed by atoms with Crippen molar-refractivity contribution in [3.05, 3.63) is 54.4 Å². The predicted octanol–water partition coefficient (Wildman–Crippen LogP) is 0.437. The van der Waals surface area contributed by atoms with E-state index in [1.165, 1.54) is 5.56 Å². The highest BCUT2D eigenvalue weighted by Crippen LogP contribution is 2.26. The minimum Gasteiger partial charge on any atom is -0.354 e. The molecule has 1 aliphatic rings. The van der Waals surface area contributed by atoms with Crippen LogP contribution in [0.4, 0.5) is 0 Å². The molecule has 7 nitrogen and oxygen atoms in total. The van der Waals surface area contributed by atoms with Crippen LogP contribution < -0.4 is 16.0 Å². The van der Waals surface area contributed by atoms with Crippen molar-refractivity contribution in [3.63, 3.8) is 0 Å². The van der Waals surface area contributed by atoms with E-state index in [0.29, 0.717) is 19.4 Å². The molecule has 2 amide bonds. The monoisotopic (exact) mass is 355 g/mol. The number of benzene rings is 1. The third kappa shape index (κ3) is 4.29. The molecule has 0 aliphatic carbocycles. The van der Waals surface area contributed by atoms with E-state index in [1.54, 1.807) is 10.9 Å². The summed E-state index contributed by atoms with van der Waals surface area (Å²) in [4.78, 5) is 24.9. The second-order valence-corrected chi connectivity index (χ2v) is 6.50. The van der Waals surface area contributed by atoms with E-state index in [1.807, 2.05) is 42.6 Å². The van der Waals surface area contributed by atoms with Gasteiger partial charge in [0.2, 0.25) is 11.8 Å². The molecular formula is C19H25N5O2. The van der Waals surface area contributed by atoms with Gasteiger partial charge in [0.05, 0.1) is 6.54 Å². The predicted molar refractivity (Wildman–Crippen MR) is 98.5 cm³/mol. The molecule has 1 aliphatic heterocycles. The molecule has 3 N–H and O–H groups in total. The largest absolute Gasteiger partial charge is 0.354 e. The molecule has 0 atom stereocenters. The lowest BCUT2D eigenvalue weighted by molar-refractivity contribution is -0.134. The molecule has 0 saturated carbocycles. The van der Waals surface area contributed by atoms with E-state index in [4.69, 9.17) is 0 Å². The number of piperidine rings is 1. The highest BCUT2D eigenvalue weighted by Gasteiger charge is 2.41. The summed E-state index contributed by atoms with van der Waals surface area (Å²) >= 11 is 0. The molecule has 1 fully saturated rings. The van der Waals surface area contributed by atoms with Crippen LogP contribution in [0.15, 0.2) is 48.8 Å². The molecule has 2 heterocycles. The third-order valence-electron chi connectivity index (χ3n) is 4.78. The van der Waals surface area contributed by atoms with Crippen molar-refractivity contribution < 1.29 is 9.59 Å². The summed E-state index contributed by atoms with van der Waals surface area (Å²) in [6.45, 7) is 2.02. The summed E-state index contributed by atoms with van der Waals surface area (Å²) in [6, 6.07) is 11.8. The van der Waals surface area contributed by atoms with Crippen molar-refractivity contribution in [1.82, 2.24) is 25.7 Å². The molecular weight excluding hydrogens is 330 g/mol. The second-order valence-electron chi connectivity index (χ2n) is 6.50. The van der Waals surface area contributed by atoms with E-state index in [-0.39, 0.29) is 18.4 Å². The average molecular weight is 355 g/mol. The molecule has 3 rings (SSSR count). The van der Waals surface area contributed by atoms with Crippen LogP contribution in [-0.2, 0) is 21.5 Å². The van der Waals surface area contributed by atoms with Crippen molar-refractivity contribution in [3.8, 4) is 0 Å². The fourth-order valence-electron chi connectivity index (χ4n) is 3.30. The maximum Gasteiger partial charge on any atom is 0.248 e. The molecule has 1 saturated heterocycles. The molecule has 2 aromatic rings. The van der Waals surface area contributed by atoms with Crippen molar-refractivity contribution in [2.24, 2.45) is 0 Å². The summed E-state index contributed by atoms with van der Waals surface area (Å²) in [5.41, 5.74) is 0.447. The Morgan fingerprint density at radius 1 is 1.12 bits per heavy atom. The van der Waals surface area contributed by atoms with Crippen LogP contribution in [0.5, 0.6) is 0 Å². The zero-order valence-corrected chi connectivity index (χ0v) is 14.8. The Bertz CT molecular complexity index is 709. The summed E-state index contributed by atoms with van der Waals surface area (Å²) < 4.78 is 1.72. The summed E-state index contributed by atoms with van der Waals surface area (Å²) in [7, 11) is 0. The number of nitrogens with one attached hydrogen (secondary N) is 3. The number of rotatable bonds is 7. The van der Waals surface area contributed by atoms with Gasteiger partial charge in [-0.1, -0.05) is 30.3 Å². The van der Waals surface area contributed by atoms with Gasteiger partial charge in [0.1, 0.15) is 5.54 Å². The molecule has 7 heteroatoms. The van der Waals surface area contributed by atoms with Crippen LogP contribution in [0.3, 0.4) is 0 Å². The fraction of sp³-hybridized carbons (Fsp3) is 0.421. The molecule has 138 valence electrons. The van der Waals surface area contributed by atoms with Crippen molar-refractivity contribution >= 4 is 11.8 Å². The number of hydrogen-bond donors (Lipinski definition) is 3. The Hall–Kier alpha value is -2.67. The quantitative estimate of drug-likeness (QED) is 0.672. The fourth-order valence-corrected chi connectivity index (χ4v) is 3.30. The first-order valence-corrected chi connectivity index (χ1v) is 9.00. The minimum atomic E-state index is -0.723. The normalized spacial score (nSPS) is 16.0. The van der Waals surface area contributed by atoms with Gasteiger partial charge >= 0.3 is 0 Å². The lowest BCUT2D eigenvalue weighted by Crippen LogP contribution is -2.55. The van der Waals surface area contributed by atoms with Gasteiger partial charge in [-0.25, -0.2) is 0 Å². The Labute approximate surface area is 153 Å². The van der Waals surface area contributed by atoms with Gasteiger partial charge in [0.25, 0.3) is 0 Å². The minimum absolute atomic E-state index is 0.0237. The molecule has 0 unspecified atom stereocenters. The van der Waals surface area contributed by atoms with Crippen LogP contribution in [0, 0.1) is 0 Å². The maximum absolute atomic E-state index is 12.8. The summed E-state index contributed by atoms with van der Waals surface area (Å²) in [5.74, 6) is -0.334. The van der Waals surface area contributed by atoms with Gasteiger partial charge in [0, 0.05) is 18.9 Å². The van der Waals surface area contributed by atoms with Crippen molar-refractivity contribution in [1.29, 1.82) is 0 Å². The van der Waals surface area contributed by atoms with Gasteiger partial charge in [-0.3, -0.25) is 14.3 Å². The SMILES string of the molecule is O=C(CNC(=O)C1(n2cccn2)CCNCC1)NCCc1ccccc1. The van der Waals surface area contributed by atoms with Crippen molar-refractivity contribution in [2.75, 3.05) is 26.2 Å². The summed E-state index contributed by atoms with van der Waals surface area (Å²) in [5, 5.41) is 13.2. The maximum atomic E-state index is 12.8. The van der Waals surface area contributed by atoms with Crippen LogP contribution in [0.2, 0.25) is 0 Å². The number of hydrogen-bond acceptors (Lipinski definition) is 4. The van der Waals surface area contributed by atoms with Gasteiger partial charge in [0.15, 0.2) is 0 Å². The smallest absolute Gasteiger partial charge is 0.248 e. The number of nitrogens with zero attached hydrogens (tertiary/aromatic N) is 2. The molecule has 1 aromatic carbocycles. The van der Waals surface area contributed by atoms with Crippen LogP contribution >= 0.6 is 0 Å². The van der Waals surface area contributed by atoms with Gasteiger partial charge in [-0.15, -0.1) is 0 Å². The first-order chi connectivity index (χ1) is 12.7. The third-order valence-corrected chi connectivity index (χ3v) is 4.78. The zero-order chi connectivity index (χ0) is 18.2. The lowest BCUT2D eigenvalue weighted by Gasteiger charge is -2.36. The van der Waals surface area contributed by atoms with Crippen LogP contribution in [0.25, 0.3) is 0 Å². The molecule has 26 heavy (non-hydrogen) atoms. The van der Waals surface area contributed by atoms with E-state index >= 15 is 0 Å². The zero-order valence-electron chi connectivity index (χ0n) is 14.8. The summed E-state index contributed by atoms with van der Waals surface area (Å²) in [6.07, 6.45) is 5.55. The highest BCUT2D eigenvalue weighted by molar-refractivity contribution is 5.89. The number of amides is 2. The number of carbonyl (C=O) groups is 2. The Morgan fingerprint density at radius 2 is 1.88 bits per heavy atom. The molecule has 0 spiro atoms. The topological polar surface area (TPSA) is 88.0 Å². The Balaban J connectivity index is 1.49. The van der Waals surface area contributed by atoms with E-state index in [0.717, 1.165) is 19.5 Å². The lowest BCUT2D eigenvalue weighted by atomic mass is 9.87. The number of carbonyl (C=O) groups excluding carboxylic acids is 2. The van der Waals surface area contributed by atoms with Crippen LogP contribution in [0.1, 0.15) is 18.4 Å². The first-order valence-electron chi connectivity index (χ1n) is 9.00. The molecule has 0 radical (unpaired) electrons. The Morgan fingerprint density at radius 3 is 2.58 bits per heavy atom. The van der Waals surface area contributed by atoms with E-state index in [2.05, 4.69) is 21.0 Å². The van der Waals surface area contributed by atoms with E-state index < -0.39 is 5.54 Å². The number of aromatic nitrogens is 2. The first kappa shape index (κ1) is 18.1. The van der Waals surface area contributed by atoms with Gasteiger partial charge in [-0.05, 0) is 44.0 Å². The van der Waals surface area contributed by atoms with E-state index in [9.17, 15) is 9.59 Å². The standard InChI is InChI=1S/C19H25N5O2/c25-17(21-11-7-16-5-2-1-3-6-16)15-22-18(26)19(8-12-20-13-9-19)24-14-4-10-23-24/h1-6,10,14,20H,7-9,11-13,15H2,(H,21,25)(H,22,26). The van der Waals surface area contributed by atoms with Crippen molar-refractivity contribution in [2.45, 2.75) is 24.8 Å². The van der Waals surface area contributed by atoms with Gasteiger partial charge < -0.3 is 16.0 Å². The molecule has 0 bridgehead atoms. The Kier molecular flexibility index (Phi) is 6.01. The highest BCUT2D eigenvalue weighted by atomic mass is 16.2. The van der Waals surface area contributed by atoms with Gasteiger partial charge in [-0.2, -0.15) is 5.10 Å². The average Bonchev–Trinajstić information content (AvgIpc) is 3.23. The second kappa shape index (κ2) is 8.62. The molecule has 1 aromatic heterocycles. The van der Waals surface area contributed by atoms with Crippen LogP contribution in [-0.4, -0.2) is 47.8 Å².